The molecule has 0 saturated heterocycles. The third kappa shape index (κ3) is 29.1. The molecular weight excluding hydrogens is 592 g/mol. The van der Waals surface area contributed by atoms with E-state index in [1.165, 1.54) is 116 Å². The highest BCUT2D eigenvalue weighted by molar-refractivity contribution is 9.09. The minimum Gasteiger partial charge on any atom is -0.356 e. The SMILES string of the molecule is COC(CCC=CCCCCCCCCCCBr)OC(CCC=CCCCCCCCCCCBr)OC. The van der Waals surface area contributed by atoms with Gasteiger partial charge in [0.05, 0.1) is 0 Å². The van der Waals surface area contributed by atoms with Crippen LogP contribution in [0.2, 0.25) is 0 Å². The molecule has 0 aromatic heterocycles. The van der Waals surface area contributed by atoms with Gasteiger partial charge < -0.3 is 14.2 Å². The van der Waals surface area contributed by atoms with Crippen LogP contribution in [-0.4, -0.2) is 37.5 Å². The van der Waals surface area contributed by atoms with E-state index in [4.69, 9.17) is 14.2 Å². The van der Waals surface area contributed by atoms with E-state index in [2.05, 4.69) is 56.2 Å². The fraction of sp³-hybridized carbons (Fsp3) is 0.875. The molecule has 37 heavy (non-hydrogen) atoms. The van der Waals surface area contributed by atoms with E-state index in [0.29, 0.717) is 0 Å². The molecule has 0 aliphatic heterocycles. The summed E-state index contributed by atoms with van der Waals surface area (Å²) in [4.78, 5) is 0. The van der Waals surface area contributed by atoms with Crippen molar-refractivity contribution in [3.05, 3.63) is 24.3 Å². The highest BCUT2D eigenvalue weighted by Crippen LogP contribution is 2.15. The van der Waals surface area contributed by atoms with Crippen molar-refractivity contribution in [3.63, 3.8) is 0 Å². The Morgan fingerprint density at radius 3 is 1.05 bits per heavy atom. The van der Waals surface area contributed by atoms with Crippen LogP contribution in [-0.2, 0) is 14.2 Å². The van der Waals surface area contributed by atoms with Gasteiger partial charge in [0, 0.05) is 37.7 Å². The minimum atomic E-state index is -0.206. The van der Waals surface area contributed by atoms with Crippen LogP contribution >= 0.6 is 31.9 Å². The van der Waals surface area contributed by atoms with Crippen LogP contribution in [0.15, 0.2) is 24.3 Å². The van der Waals surface area contributed by atoms with Gasteiger partial charge >= 0.3 is 0 Å². The summed E-state index contributed by atoms with van der Waals surface area (Å²) in [5.41, 5.74) is 0. The average Bonchev–Trinajstić information content (AvgIpc) is 2.92. The van der Waals surface area contributed by atoms with E-state index in [0.717, 1.165) is 36.3 Å². The first-order valence-electron chi connectivity index (χ1n) is 15.4. The third-order valence-corrected chi connectivity index (χ3v) is 7.93. The zero-order valence-corrected chi connectivity index (χ0v) is 27.6. The first kappa shape index (κ1) is 37.3. The maximum Gasteiger partial charge on any atom is 0.160 e. The van der Waals surface area contributed by atoms with E-state index in [1.807, 2.05) is 0 Å². The van der Waals surface area contributed by atoms with E-state index in [1.54, 1.807) is 14.2 Å². The van der Waals surface area contributed by atoms with Gasteiger partial charge in [-0.25, -0.2) is 0 Å². The molecule has 5 heteroatoms. The third-order valence-electron chi connectivity index (χ3n) is 6.81. The second kappa shape index (κ2) is 32.5. The monoisotopic (exact) mass is 650 g/mol. The molecule has 3 nitrogen and oxygen atoms in total. The zero-order chi connectivity index (χ0) is 27.1. The van der Waals surface area contributed by atoms with Crippen molar-refractivity contribution in [2.75, 3.05) is 24.9 Å². The Morgan fingerprint density at radius 1 is 0.432 bits per heavy atom. The lowest BCUT2D eigenvalue weighted by molar-refractivity contribution is -0.232. The molecule has 0 radical (unpaired) electrons. The topological polar surface area (TPSA) is 27.7 Å². The second-order valence-electron chi connectivity index (χ2n) is 10.2. The van der Waals surface area contributed by atoms with Crippen molar-refractivity contribution in [2.24, 2.45) is 0 Å². The summed E-state index contributed by atoms with van der Waals surface area (Å²) >= 11 is 7.01. The van der Waals surface area contributed by atoms with E-state index >= 15 is 0 Å². The molecule has 0 bridgehead atoms. The fourth-order valence-electron chi connectivity index (χ4n) is 4.42. The molecule has 220 valence electrons. The molecule has 0 aliphatic rings. The Hall–Kier alpha value is 0.320. The molecule has 0 amide bonds. The molecule has 0 spiro atoms. The standard InChI is InChI=1S/C32H60Br2O3/c1-35-31(27-23-19-15-11-7-3-5-9-13-17-21-25-29-33)37-32(36-2)28-24-20-16-12-8-4-6-10-14-18-22-26-30-34/h15-16,19-20,31-32H,3-14,17-18,21-30H2,1-2H3. The smallest absolute Gasteiger partial charge is 0.160 e. The van der Waals surface area contributed by atoms with Gasteiger partial charge in [-0.15, -0.1) is 0 Å². The quantitative estimate of drug-likeness (QED) is 0.0335. The van der Waals surface area contributed by atoms with Crippen LogP contribution in [0.3, 0.4) is 0 Å². The lowest BCUT2D eigenvalue weighted by atomic mass is 10.1. The van der Waals surface area contributed by atoms with Crippen LogP contribution in [0.1, 0.15) is 141 Å². The van der Waals surface area contributed by atoms with Gasteiger partial charge in [0.1, 0.15) is 0 Å². The number of allylic oxidation sites excluding steroid dienone is 4. The predicted molar refractivity (Wildman–Crippen MR) is 170 cm³/mol. The summed E-state index contributed by atoms with van der Waals surface area (Å²) in [6.45, 7) is 0. The Labute approximate surface area is 248 Å². The van der Waals surface area contributed by atoms with Crippen LogP contribution < -0.4 is 0 Å². The average molecular weight is 653 g/mol. The Bertz CT molecular complexity index is 443. The number of halogens is 2. The van der Waals surface area contributed by atoms with Crippen LogP contribution in [0.25, 0.3) is 0 Å². The number of alkyl halides is 2. The Balaban J connectivity index is 3.69. The van der Waals surface area contributed by atoms with Gasteiger partial charge in [-0.05, 0) is 51.4 Å². The normalized spacial score (nSPS) is 13.7. The largest absolute Gasteiger partial charge is 0.356 e. The Kier molecular flexibility index (Phi) is 32.8. The highest BCUT2D eigenvalue weighted by atomic mass is 79.9. The van der Waals surface area contributed by atoms with Gasteiger partial charge in [-0.3, -0.25) is 0 Å². The first-order chi connectivity index (χ1) is 18.3. The summed E-state index contributed by atoms with van der Waals surface area (Å²) in [7, 11) is 3.45. The van der Waals surface area contributed by atoms with Crippen LogP contribution in [0.5, 0.6) is 0 Å². The van der Waals surface area contributed by atoms with Crippen LogP contribution in [0.4, 0.5) is 0 Å². The molecular formula is C32H60Br2O3. The highest BCUT2D eigenvalue weighted by Gasteiger charge is 2.14. The molecule has 2 atom stereocenters. The summed E-state index contributed by atoms with van der Waals surface area (Å²) < 4.78 is 17.1. The summed E-state index contributed by atoms with van der Waals surface area (Å²) in [5, 5.41) is 2.31. The zero-order valence-electron chi connectivity index (χ0n) is 24.4. The van der Waals surface area contributed by atoms with Gasteiger partial charge in [-0.2, -0.15) is 0 Å². The lowest BCUT2D eigenvalue weighted by Gasteiger charge is -2.22. The summed E-state index contributed by atoms with van der Waals surface area (Å²) in [6.07, 6.45) is 36.8. The summed E-state index contributed by atoms with van der Waals surface area (Å²) in [5.74, 6) is 0. The Morgan fingerprint density at radius 2 is 0.730 bits per heavy atom. The van der Waals surface area contributed by atoms with Crippen molar-refractivity contribution in [2.45, 2.75) is 154 Å². The second-order valence-corrected chi connectivity index (χ2v) is 11.8. The van der Waals surface area contributed by atoms with Crippen molar-refractivity contribution < 1.29 is 14.2 Å². The predicted octanol–water partition coefficient (Wildman–Crippen LogP) is 11.4. The van der Waals surface area contributed by atoms with Crippen molar-refractivity contribution in [3.8, 4) is 0 Å². The van der Waals surface area contributed by atoms with Gasteiger partial charge in [0.2, 0.25) is 0 Å². The molecule has 0 heterocycles. The number of ether oxygens (including phenoxy) is 3. The maximum absolute atomic E-state index is 6.05. The number of unbranched alkanes of at least 4 members (excludes halogenated alkanes) is 16. The molecule has 2 unspecified atom stereocenters. The van der Waals surface area contributed by atoms with Crippen molar-refractivity contribution in [1.82, 2.24) is 0 Å². The molecule has 0 aromatic carbocycles. The fourth-order valence-corrected chi connectivity index (χ4v) is 5.22. The molecule has 0 aromatic rings. The lowest BCUT2D eigenvalue weighted by Crippen LogP contribution is -2.25. The first-order valence-corrected chi connectivity index (χ1v) is 17.7. The van der Waals surface area contributed by atoms with Gasteiger partial charge in [0.25, 0.3) is 0 Å². The molecule has 0 rings (SSSR count). The minimum absolute atomic E-state index is 0.206. The van der Waals surface area contributed by atoms with Crippen LogP contribution in [0, 0.1) is 0 Å². The van der Waals surface area contributed by atoms with Crippen molar-refractivity contribution >= 4 is 31.9 Å². The molecule has 0 aliphatic carbocycles. The van der Waals surface area contributed by atoms with E-state index in [9.17, 15) is 0 Å². The number of hydrogen-bond donors (Lipinski definition) is 0. The van der Waals surface area contributed by atoms with Gasteiger partial charge in [-0.1, -0.05) is 133 Å². The summed E-state index contributed by atoms with van der Waals surface area (Å²) in [6, 6.07) is 0. The van der Waals surface area contributed by atoms with E-state index in [-0.39, 0.29) is 12.6 Å². The molecule has 0 fully saturated rings. The molecule has 0 N–H and O–H groups in total. The van der Waals surface area contributed by atoms with Gasteiger partial charge in [0.15, 0.2) is 12.6 Å². The maximum atomic E-state index is 6.05. The number of rotatable bonds is 30. The number of hydrogen-bond acceptors (Lipinski definition) is 3. The van der Waals surface area contributed by atoms with E-state index < -0.39 is 0 Å². The molecule has 0 saturated carbocycles. The van der Waals surface area contributed by atoms with Crippen molar-refractivity contribution in [1.29, 1.82) is 0 Å². The number of methoxy groups -OCH3 is 2.